The topological polar surface area (TPSA) is 94.9 Å². The Morgan fingerprint density at radius 2 is 2.03 bits per heavy atom. The van der Waals surface area contributed by atoms with Crippen molar-refractivity contribution in [2.45, 2.75) is 25.6 Å². The van der Waals surface area contributed by atoms with Gasteiger partial charge < -0.3 is 20.0 Å². The number of hydrogen-bond donors (Lipinski definition) is 2. The molecule has 4 heterocycles. The molecule has 174 valence electrons. The number of likely N-dealkylation sites (N-methyl/N-ethyl adjacent to an activating group) is 1. The van der Waals surface area contributed by atoms with Crippen molar-refractivity contribution in [1.82, 2.24) is 20.4 Å². The van der Waals surface area contributed by atoms with Gasteiger partial charge in [-0.1, -0.05) is 30.3 Å². The number of benzene rings is 1. The van der Waals surface area contributed by atoms with Gasteiger partial charge in [0.05, 0.1) is 36.7 Å². The zero-order valence-corrected chi connectivity index (χ0v) is 19.4. The Balaban J connectivity index is 1.50. The standard InChI is InChI=1S/C25H24N4O4S/c1-2-28-19-14-29(24(31)20(19)21(27-25(28)32)17-10-12-34-15-17)22(16-7-4-3-5-8-16)23(30)26-13-18-9-6-11-33-18/h3-12,15,21-22H,2,13-14H2,1H3,(H,26,30)(H,27,32)/t21-,22+/m1/s1. The molecule has 0 fully saturated rings. The molecule has 34 heavy (non-hydrogen) atoms. The first-order chi connectivity index (χ1) is 16.6. The van der Waals surface area contributed by atoms with Crippen LogP contribution in [0.1, 0.15) is 35.9 Å². The van der Waals surface area contributed by atoms with E-state index in [9.17, 15) is 14.4 Å². The zero-order chi connectivity index (χ0) is 23.7. The third-order valence-corrected chi connectivity index (χ3v) is 6.84. The van der Waals surface area contributed by atoms with Crippen LogP contribution < -0.4 is 10.6 Å². The summed E-state index contributed by atoms with van der Waals surface area (Å²) in [5.41, 5.74) is 2.71. The van der Waals surface area contributed by atoms with E-state index in [1.165, 1.54) is 11.3 Å². The second-order valence-electron chi connectivity index (χ2n) is 8.09. The molecule has 8 nitrogen and oxygen atoms in total. The van der Waals surface area contributed by atoms with E-state index in [4.69, 9.17) is 4.42 Å². The number of thiophene rings is 1. The zero-order valence-electron chi connectivity index (χ0n) is 18.6. The Bertz CT molecular complexity index is 1220. The second-order valence-corrected chi connectivity index (χ2v) is 8.87. The van der Waals surface area contributed by atoms with Crippen molar-refractivity contribution in [3.63, 3.8) is 0 Å². The van der Waals surface area contributed by atoms with E-state index >= 15 is 0 Å². The highest BCUT2D eigenvalue weighted by Gasteiger charge is 2.47. The van der Waals surface area contributed by atoms with Gasteiger partial charge in [-0.15, -0.1) is 0 Å². The van der Waals surface area contributed by atoms with Crippen molar-refractivity contribution < 1.29 is 18.8 Å². The number of urea groups is 1. The van der Waals surface area contributed by atoms with Crippen molar-refractivity contribution in [3.8, 4) is 0 Å². The fraction of sp³-hybridized carbons (Fsp3) is 0.240. The van der Waals surface area contributed by atoms with E-state index in [1.807, 2.05) is 54.1 Å². The lowest BCUT2D eigenvalue weighted by molar-refractivity contribution is -0.136. The molecule has 2 aromatic heterocycles. The smallest absolute Gasteiger partial charge is 0.322 e. The number of nitrogens with one attached hydrogen (secondary N) is 2. The molecule has 0 saturated carbocycles. The summed E-state index contributed by atoms with van der Waals surface area (Å²) in [5, 5.41) is 9.71. The van der Waals surface area contributed by atoms with E-state index in [-0.39, 0.29) is 30.9 Å². The number of nitrogens with zero attached hydrogens (tertiary/aromatic N) is 2. The number of furan rings is 1. The van der Waals surface area contributed by atoms with Crippen molar-refractivity contribution in [2.24, 2.45) is 0 Å². The molecule has 0 unspecified atom stereocenters. The lowest BCUT2D eigenvalue weighted by Gasteiger charge is -2.32. The Kier molecular flexibility index (Phi) is 5.93. The average molecular weight is 477 g/mol. The van der Waals surface area contributed by atoms with E-state index < -0.39 is 12.1 Å². The van der Waals surface area contributed by atoms with Crippen molar-refractivity contribution >= 4 is 29.2 Å². The van der Waals surface area contributed by atoms with Crippen LogP contribution >= 0.6 is 11.3 Å². The first kappa shape index (κ1) is 22.0. The summed E-state index contributed by atoms with van der Waals surface area (Å²) in [6.45, 7) is 2.67. The summed E-state index contributed by atoms with van der Waals surface area (Å²) in [6.07, 6.45) is 1.55. The Morgan fingerprint density at radius 1 is 1.21 bits per heavy atom. The molecule has 5 rings (SSSR count). The van der Waals surface area contributed by atoms with Gasteiger partial charge in [-0.05, 0) is 47.0 Å². The fourth-order valence-corrected chi connectivity index (χ4v) is 5.22. The molecule has 9 heteroatoms. The van der Waals surface area contributed by atoms with Crippen LogP contribution in [0.25, 0.3) is 0 Å². The van der Waals surface area contributed by atoms with Gasteiger partial charge in [0.15, 0.2) is 0 Å². The number of carbonyl (C=O) groups is 3. The van der Waals surface area contributed by atoms with Crippen LogP contribution in [0.15, 0.2) is 81.2 Å². The van der Waals surface area contributed by atoms with Crippen molar-refractivity contribution in [2.75, 3.05) is 13.1 Å². The van der Waals surface area contributed by atoms with Gasteiger partial charge >= 0.3 is 6.03 Å². The van der Waals surface area contributed by atoms with E-state index in [0.717, 1.165) is 5.56 Å². The number of amides is 4. The minimum Gasteiger partial charge on any atom is -0.467 e. The summed E-state index contributed by atoms with van der Waals surface area (Å²) >= 11 is 1.51. The van der Waals surface area contributed by atoms with Crippen molar-refractivity contribution in [1.29, 1.82) is 0 Å². The normalized spacial score (nSPS) is 18.7. The summed E-state index contributed by atoms with van der Waals surface area (Å²) < 4.78 is 5.33. The Hall–Kier alpha value is -3.85. The van der Waals surface area contributed by atoms with Crippen LogP contribution in [0, 0.1) is 0 Å². The van der Waals surface area contributed by atoms with Gasteiger partial charge in [0.2, 0.25) is 5.91 Å². The molecule has 0 radical (unpaired) electrons. The molecular weight excluding hydrogens is 452 g/mol. The quantitative estimate of drug-likeness (QED) is 0.545. The molecule has 2 aliphatic rings. The molecule has 3 aromatic rings. The molecule has 0 aliphatic carbocycles. The molecule has 0 bridgehead atoms. The van der Waals surface area contributed by atoms with Gasteiger partial charge in [0, 0.05) is 6.54 Å². The summed E-state index contributed by atoms with van der Waals surface area (Å²) in [6, 6.07) is 13.0. The van der Waals surface area contributed by atoms with E-state index in [1.54, 1.807) is 28.2 Å². The molecule has 0 saturated heterocycles. The monoisotopic (exact) mass is 476 g/mol. The summed E-state index contributed by atoms with van der Waals surface area (Å²) in [7, 11) is 0. The highest BCUT2D eigenvalue weighted by Crippen LogP contribution is 2.40. The summed E-state index contributed by atoms with van der Waals surface area (Å²) in [5.74, 6) is 0.0478. The molecule has 2 aliphatic heterocycles. The Labute approximate surface area is 200 Å². The first-order valence-corrected chi connectivity index (χ1v) is 12.0. The maximum Gasteiger partial charge on any atom is 0.322 e. The van der Waals surface area contributed by atoms with Gasteiger partial charge in [-0.3, -0.25) is 14.5 Å². The van der Waals surface area contributed by atoms with Crippen LogP contribution in [0.4, 0.5) is 4.79 Å². The number of carbonyl (C=O) groups excluding carboxylic acids is 3. The number of hydrogen-bond acceptors (Lipinski definition) is 5. The molecule has 2 N–H and O–H groups in total. The molecule has 0 spiro atoms. The third-order valence-electron chi connectivity index (χ3n) is 6.13. The lowest BCUT2D eigenvalue weighted by Crippen LogP contribution is -2.47. The first-order valence-electron chi connectivity index (χ1n) is 11.1. The van der Waals surface area contributed by atoms with E-state index in [0.29, 0.717) is 29.1 Å². The van der Waals surface area contributed by atoms with Gasteiger partial charge in [0.1, 0.15) is 11.8 Å². The minimum absolute atomic E-state index is 0.170. The predicted octanol–water partition coefficient (Wildman–Crippen LogP) is 3.58. The van der Waals surface area contributed by atoms with Crippen LogP contribution in [0.5, 0.6) is 0 Å². The van der Waals surface area contributed by atoms with Crippen LogP contribution in [-0.2, 0) is 16.1 Å². The minimum atomic E-state index is -0.855. The molecular formula is C25H24N4O4S. The lowest BCUT2D eigenvalue weighted by atomic mass is 9.97. The summed E-state index contributed by atoms with van der Waals surface area (Å²) in [4.78, 5) is 43.3. The average Bonchev–Trinajstić information content (AvgIpc) is 3.61. The van der Waals surface area contributed by atoms with E-state index in [2.05, 4.69) is 10.6 Å². The van der Waals surface area contributed by atoms with Gasteiger partial charge in [-0.25, -0.2) is 4.79 Å². The highest BCUT2D eigenvalue weighted by molar-refractivity contribution is 7.08. The van der Waals surface area contributed by atoms with Gasteiger partial charge in [0.25, 0.3) is 5.91 Å². The van der Waals surface area contributed by atoms with Crippen molar-refractivity contribution in [3.05, 3.63) is 93.7 Å². The Morgan fingerprint density at radius 3 is 2.71 bits per heavy atom. The molecule has 2 atom stereocenters. The van der Waals surface area contributed by atoms with Crippen LogP contribution in [0.2, 0.25) is 0 Å². The maximum absolute atomic E-state index is 13.9. The SMILES string of the molecule is CCN1C(=O)N[C@H](c2ccsc2)C2=C1CN([C@H](C(=O)NCc1ccco1)c1ccccc1)C2=O. The molecule has 1 aromatic carbocycles. The fourth-order valence-electron chi connectivity index (χ4n) is 4.54. The van der Waals surface area contributed by atoms with Crippen LogP contribution in [0.3, 0.4) is 0 Å². The third kappa shape index (κ3) is 3.88. The predicted molar refractivity (Wildman–Crippen MR) is 126 cm³/mol. The van der Waals surface area contributed by atoms with Crippen LogP contribution in [-0.4, -0.2) is 40.7 Å². The maximum atomic E-state index is 13.9. The molecule has 4 amide bonds. The largest absolute Gasteiger partial charge is 0.467 e. The van der Waals surface area contributed by atoms with Gasteiger partial charge in [-0.2, -0.15) is 11.3 Å². The highest BCUT2D eigenvalue weighted by atomic mass is 32.1. The number of rotatable bonds is 7. The second kappa shape index (κ2) is 9.18.